The highest BCUT2D eigenvalue weighted by Gasteiger charge is 2.22. The highest BCUT2D eigenvalue weighted by Crippen LogP contribution is 2.30. The molecule has 3 rings (SSSR count). The standard InChI is InChI=1S/C18H25N5O/c1-13(2)21-18(24)20-11-12-23-16-9-4-3-7-14(16)17(22-23)15-8-5-6-10-19-15/h5-6,8,10,13H,3-4,7,9,11-12H2,1-2H3,(H2,20,21,24). The molecule has 128 valence electrons. The van der Waals surface area contributed by atoms with Gasteiger partial charge in [0.15, 0.2) is 0 Å². The first-order valence-corrected chi connectivity index (χ1v) is 8.69. The zero-order valence-electron chi connectivity index (χ0n) is 14.4. The van der Waals surface area contributed by atoms with E-state index in [9.17, 15) is 4.79 Å². The third-order valence-corrected chi connectivity index (χ3v) is 4.19. The van der Waals surface area contributed by atoms with Gasteiger partial charge in [-0.15, -0.1) is 0 Å². The third kappa shape index (κ3) is 3.75. The van der Waals surface area contributed by atoms with Crippen LogP contribution in [-0.4, -0.2) is 33.4 Å². The Labute approximate surface area is 142 Å². The summed E-state index contributed by atoms with van der Waals surface area (Å²) in [6, 6.07) is 5.93. The lowest BCUT2D eigenvalue weighted by Gasteiger charge is -2.15. The largest absolute Gasteiger partial charge is 0.336 e. The van der Waals surface area contributed by atoms with Crippen molar-refractivity contribution in [3.63, 3.8) is 0 Å². The summed E-state index contributed by atoms with van der Waals surface area (Å²) < 4.78 is 2.05. The van der Waals surface area contributed by atoms with Crippen molar-refractivity contribution in [2.45, 2.75) is 52.1 Å². The van der Waals surface area contributed by atoms with Gasteiger partial charge >= 0.3 is 6.03 Å². The van der Waals surface area contributed by atoms with Crippen LogP contribution >= 0.6 is 0 Å². The van der Waals surface area contributed by atoms with Gasteiger partial charge in [-0.05, 0) is 51.7 Å². The van der Waals surface area contributed by atoms with Crippen LogP contribution in [0.15, 0.2) is 24.4 Å². The zero-order chi connectivity index (χ0) is 16.9. The molecule has 6 heteroatoms. The summed E-state index contributed by atoms with van der Waals surface area (Å²) in [5, 5.41) is 10.5. The summed E-state index contributed by atoms with van der Waals surface area (Å²) in [6.07, 6.45) is 6.31. The second-order valence-electron chi connectivity index (χ2n) is 6.47. The van der Waals surface area contributed by atoms with Crippen molar-refractivity contribution in [1.82, 2.24) is 25.4 Å². The number of aromatic nitrogens is 3. The van der Waals surface area contributed by atoms with E-state index in [0.717, 1.165) is 24.2 Å². The van der Waals surface area contributed by atoms with Gasteiger partial charge in [0, 0.05) is 30.0 Å². The maximum absolute atomic E-state index is 11.7. The molecule has 2 aromatic rings. The minimum Gasteiger partial charge on any atom is -0.336 e. The first-order chi connectivity index (χ1) is 11.6. The van der Waals surface area contributed by atoms with Crippen molar-refractivity contribution < 1.29 is 4.79 Å². The topological polar surface area (TPSA) is 71.8 Å². The molecule has 0 fully saturated rings. The van der Waals surface area contributed by atoms with E-state index < -0.39 is 0 Å². The van der Waals surface area contributed by atoms with Crippen LogP contribution in [0.2, 0.25) is 0 Å². The maximum Gasteiger partial charge on any atom is 0.315 e. The smallest absolute Gasteiger partial charge is 0.315 e. The van der Waals surface area contributed by atoms with E-state index in [1.165, 1.54) is 24.1 Å². The molecular formula is C18H25N5O. The van der Waals surface area contributed by atoms with Crippen molar-refractivity contribution in [2.75, 3.05) is 6.54 Å². The fraction of sp³-hybridized carbons (Fsp3) is 0.500. The fourth-order valence-corrected chi connectivity index (χ4v) is 3.15. The van der Waals surface area contributed by atoms with Crippen LogP contribution in [0.25, 0.3) is 11.4 Å². The number of fused-ring (bicyclic) bond motifs is 1. The van der Waals surface area contributed by atoms with E-state index in [2.05, 4.69) is 15.6 Å². The van der Waals surface area contributed by atoms with Gasteiger partial charge in [-0.25, -0.2) is 4.79 Å². The number of amides is 2. The van der Waals surface area contributed by atoms with Gasteiger partial charge < -0.3 is 10.6 Å². The number of carbonyl (C=O) groups is 1. The maximum atomic E-state index is 11.7. The van der Waals surface area contributed by atoms with Gasteiger partial charge in [0.1, 0.15) is 5.69 Å². The van der Waals surface area contributed by atoms with Crippen molar-refractivity contribution in [1.29, 1.82) is 0 Å². The molecule has 24 heavy (non-hydrogen) atoms. The van der Waals surface area contributed by atoms with Crippen LogP contribution in [0.5, 0.6) is 0 Å². The number of nitrogens with zero attached hydrogens (tertiary/aromatic N) is 3. The van der Waals surface area contributed by atoms with Crippen molar-refractivity contribution in [3.8, 4) is 11.4 Å². The molecule has 2 heterocycles. The summed E-state index contributed by atoms with van der Waals surface area (Å²) in [5.74, 6) is 0. The van der Waals surface area contributed by atoms with Crippen molar-refractivity contribution in [2.24, 2.45) is 0 Å². The molecule has 0 aromatic carbocycles. The summed E-state index contributed by atoms with van der Waals surface area (Å²) in [7, 11) is 0. The molecule has 0 saturated carbocycles. The SMILES string of the molecule is CC(C)NC(=O)NCCn1nc(-c2ccccn2)c2c1CCCC2. The average Bonchev–Trinajstić information content (AvgIpc) is 2.94. The number of nitrogens with one attached hydrogen (secondary N) is 2. The second-order valence-corrected chi connectivity index (χ2v) is 6.47. The van der Waals surface area contributed by atoms with Crippen molar-refractivity contribution >= 4 is 6.03 Å². The van der Waals surface area contributed by atoms with Gasteiger partial charge in [0.2, 0.25) is 0 Å². The molecule has 1 aliphatic carbocycles. The molecule has 2 amide bonds. The molecule has 0 aliphatic heterocycles. The second kappa shape index (κ2) is 7.47. The molecular weight excluding hydrogens is 302 g/mol. The highest BCUT2D eigenvalue weighted by molar-refractivity contribution is 5.74. The van der Waals surface area contributed by atoms with E-state index in [0.29, 0.717) is 13.1 Å². The first-order valence-electron chi connectivity index (χ1n) is 8.69. The summed E-state index contributed by atoms with van der Waals surface area (Å²) in [5.41, 5.74) is 4.55. The number of rotatable bonds is 5. The Morgan fingerprint density at radius 3 is 2.88 bits per heavy atom. The molecule has 0 unspecified atom stereocenters. The summed E-state index contributed by atoms with van der Waals surface area (Å²) in [6.45, 7) is 5.14. The van der Waals surface area contributed by atoms with E-state index in [1.54, 1.807) is 6.20 Å². The predicted octanol–water partition coefficient (Wildman–Crippen LogP) is 2.53. The lowest BCUT2D eigenvalue weighted by atomic mass is 9.95. The number of hydrogen-bond acceptors (Lipinski definition) is 3. The Morgan fingerprint density at radius 1 is 1.29 bits per heavy atom. The zero-order valence-corrected chi connectivity index (χ0v) is 14.4. The minimum atomic E-state index is -0.129. The molecule has 0 atom stereocenters. The van der Waals surface area contributed by atoms with E-state index >= 15 is 0 Å². The number of hydrogen-bond donors (Lipinski definition) is 2. The quantitative estimate of drug-likeness (QED) is 0.886. The first kappa shape index (κ1) is 16.5. The average molecular weight is 327 g/mol. The summed E-state index contributed by atoms with van der Waals surface area (Å²) in [4.78, 5) is 16.2. The minimum absolute atomic E-state index is 0.129. The van der Waals surface area contributed by atoms with Crippen LogP contribution in [0.3, 0.4) is 0 Å². The molecule has 2 N–H and O–H groups in total. The van der Waals surface area contributed by atoms with Gasteiger partial charge in [-0.3, -0.25) is 9.67 Å². The molecule has 0 bridgehead atoms. The lowest BCUT2D eigenvalue weighted by Crippen LogP contribution is -2.40. The fourth-order valence-electron chi connectivity index (χ4n) is 3.15. The van der Waals surface area contributed by atoms with Crippen molar-refractivity contribution in [3.05, 3.63) is 35.7 Å². The Morgan fingerprint density at radius 2 is 2.12 bits per heavy atom. The molecule has 0 radical (unpaired) electrons. The van der Waals surface area contributed by atoms with Gasteiger partial charge in [-0.1, -0.05) is 6.07 Å². The van der Waals surface area contributed by atoms with Gasteiger partial charge in [0.25, 0.3) is 0 Å². The van der Waals surface area contributed by atoms with E-state index in [1.807, 2.05) is 36.7 Å². The Hall–Kier alpha value is -2.37. The van der Waals surface area contributed by atoms with Gasteiger partial charge in [0.05, 0.1) is 12.2 Å². The van der Waals surface area contributed by atoms with Crippen LogP contribution in [0.1, 0.15) is 37.9 Å². The normalized spacial score (nSPS) is 13.6. The van der Waals surface area contributed by atoms with E-state index in [4.69, 9.17) is 5.10 Å². The number of carbonyl (C=O) groups excluding carboxylic acids is 1. The summed E-state index contributed by atoms with van der Waals surface area (Å²) >= 11 is 0. The Kier molecular flexibility index (Phi) is 5.13. The van der Waals surface area contributed by atoms with E-state index in [-0.39, 0.29) is 12.1 Å². The highest BCUT2D eigenvalue weighted by atomic mass is 16.2. The monoisotopic (exact) mass is 327 g/mol. The molecule has 1 aliphatic rings. The molecule has 0 saturated heterocycles. The molecule has 6 nitrogen and oxygen atoms in total. The Balaban J connectivity index is 1.74. The molecule has 2 aromatic heterocycles. The van der Waals surface area contributed by atoms with Gasteiger partial charge in [-0.2, -0.15) is 5.10 Å². The molecule has 0 spiro atoms. The van der Waals surface area contributed by atoms with Crippen LogP contribution in [-0.2, 0) is 19.4 Å². The number of urea groups is 1. The predicted molar refractivity (Wildman–Crippen MR) is 93.8 cm³/mol. The number of pyridine rings is 1. The lowest BCUT2D eigenvalue weighted by molar-refractivity contribution is 0.238. The van der Waals surface area contributed by atoms with Crippen LogP contribution < -0.4 is 10.6 Å². The third-order valence-electron chi connectivity index (χ3n) is 4.19. The van der Waals surface area contributed by atoms with Crippen LogP contribution in [0, 0.1) is 0 Å². The Bertz CT molecular complexity index is 693. The van der Waals surface area contributed by atoms with Crippen LogP contribution in [0.4, 0.5) is 4.79 Å².